The molecule has 1 N–H and O–H groups in total. The zero-order valence-electron chi connectivity index (χ0n) is 8.93. The van der Waals surface area contributed by atoms with Gasteiger partial charge in [-0.15, -0.1) is 0 Å². The first-order chi connectivity index (χ1) is 7.24. The van der Waals surface area contributed by atoms with Gasteiger partial charge in [-0.3, -0.25) is 0 Å². The Morgan fingerprint density at radius 1 is 1.60 bits per heavy atom. The number of rotatable bonds is 2. The average molecular weight is 209 g/mol. The highest BCUT2D eigenvalue weighted by atomic mass is 16.5. The molecular formula is C11H15NO3. The lowest BCUT2D eigenvalue weighted by Gasteiger charge is -2.33. The smallest absolute Gasteiger partial charge is 0.146 e. The van der Waals surface area contributed by atoms with Crippen molar-refractivity contribution in [2.45, 2.75) is 6.10 Å². The Hall–Kier alpha value is -1.42. The van der Waals surface area contributed by atoms with Crippen molar-refractivity contribution in [1.82, 2.24) is 0 Å². The Kier molecular flexibility index (Phi) is 2.68. The molecular weight excluding hydrogens is 194 g/mol. The van der Waals surface area contributed by atoms with E-state index in [1.807, 2.05) is 25.2 Å². The highest BCUT2D eigenvalue weighted by Gasteiger charge is 2.22. The minimum absolute atomic E-state index is 0.0288. The van der Waals surface area contributed by atoms with Crippen molar-refractivity contribution in [2.24, 2.45) is 0 Å². The van der Waals surface area contributed by atoms with Gasteiger partial charge >= 0.3 is 0 Å². The molecule has 2 rings (SSSR count). The van der Waals surface area contributed by atoms with Gasteiger partial charge in [-0.1, -0.05) is 0 Å². The quantitative estimate of drug-likeness (QED) is 0.785. The van der Waals surface area contributed by atoms with Crippen molar-refractivity contribution in [3.63, 3.8) is 0 Å². The van der Waals surface area contributed by atoms with Crippen molar-refractivity contribution in [3.05, 3.63) is 18.2 Å². The van der Waals surface area contributed by atoms with E-state index in [0.717, 1.165) is 17.2 Å². The van der Waals surface area contributed by atoms with Gasteiger partial charge < -0.3 is 19.5 Å². The largest absolute Gasteiger partial charge is 0.497 e. The highest BCUT2D eigenvalue weighted by Crippen LogP contribution is 2.35. The molecule has 0 aromatic heterocycles. The minimum atomic E-state index is -0.158. The maximum absolute atomic E-state index is 9.08. The summed E-state index contributed by atoms with van der Waals surface area (Å²) in [6.45, 7) is 0.733. The van der Waals surface area contributed by atoms with Crippen LogP contribution >= 0.6 is 0 Å². The number of nitrogens with zero attached hydrogens (tertiary/aromatic N) is 1. The van der Waals surface area contributed by atoms with Gasteiger partial charge in [0.25, 0.3) is 0 Å². The van der Waals surface area contributed by atoms with Crippen molar-refractivity contribution in [2.75, 3.05) is 32.2 Å². The normalized spacial score (nSPS) is 19.4. The van der Waals surface area contributed by atoms with E-state index in [1.54, 1.807) is 7.11 Å². The van der Waals surface area contributed by atoms with E-state index in [1.165, 1.54) is 0 Å². The van der Waals surface area contributed by atoms with Gasteiger partial charge in [0, 0.05) is 13.1 Å². The predicted octanol–water partition coefficient (Wildman–Crippen LogP) is 0.885. The number of ether oxygens (including phenoxy) is 2. The molecule has 1 aliphatic rings. The van der Waals surface area contributed by atoms with Crippen molar-refractivity contribution < 1.29 is 14.6 Å². The molecule has 1 aliphatic heterocycles. The fourth-order valence-electron chi connectivity index (χ4n) is 1.75. The van der Waals surface area contributed by atoms with Crippen LogP contribution in [-0.4, -0.2) is 38.5 Å². The van der Waals surface area contributed by atoms with Crippen molar-refractivity contribution in [3.8, 4) is 11.5 Å². The molecule has 82 valence electrons. The molecule has 1 heterocycles. The monoisotopic (exact) mass is 209 g/mol. The summed E-state index contributed by atoms with van der Waals surface area (Å²) in [6, 6.07) is 5.70. The van der Waals surface area contributed by atoms with E-state index in [9.17, 15) is 0 Å². The second-order valence-electron chi connectivity index (χ2n) is 3.64. The summed E-state index contributed by atoms with van der Waals surface area (Å²) in [7, 11) is 3.61. The number of hydrogen-bond acceptors (Lipinski definition) is 4. The fourth-order valence-corrected chi connectivity index (χ4v) is 1.75. The van der Waals surface area contributed by atoms with E-state index >= 15 is 0 Å². The molecule has 0 radical (unpaired) electrons. The summed E-state index contributed by atoms with van der Waals surface area (Å²) in [4.78, 5) is 2.07. The average Bonchev–Trinajstić information content (AvgIpc) is 2.28. The maximum atomic E-state index is 9.08. The van der Waals surface area contributed by atoms with Crippen LogP contribution in [0.1, 0.15) is 0 Å². The van der Waals surface area contributed by atoms with Crippen molar-refractivity contribution >= 4 is 5.69 Å². The summed E-state index contributed by atoms with van der Waals surface area (Å²) in [5.41, 5.74) is 1.03. The minimum Gasteiger partial charge on any atom is -0.497 e. The molecule has 0 bridgehead atoms. The van der Waals surface area contributed by atoms with Gasteiger partial charge in [0.05, 0.1) is 25.9 Å². The molecule has 0 aliphatic carbocycles. The second kappa shape index (κ2) is 3.98. The molecule has 0 fully saturated rings. The topological polar surface area (TPSA) is 41.9 Å². The van der Waals surface area contributed by atoms with E-state index in [2.05, 4.69) is 4.90 Å². The first-order valence-electron chi connectivity index (χ1n) is 4.91. The first kappa shape index (κ1) is 10.1. The Labute approximate surface area is 89.0 Å². The summed E-state index contributed by atoms with van der Waals surface area (Å²) < 4.78 is 10.7. The van der Waals surface area contributed by atoms with Crippen LogP contribution in [0.2, 0.25) is 0 Å². The molecule has 15 heavy (non-hydrogen) atoms. The van der Waals surface area contributed by atoms with Gasteiger partial charge in [0.1, 0.15) is 17.6 Å². The molecule has 0 saturated heterocycles. The van der Waals surface area contributed by atoms with Crippen LogP contribution in [0.3, 0.4) is 0 Å². The number of hydrogen-bond donors (Lipinski definition) is 1. The third-order valence-corrected chi connectivity index (χ3v) is 2.55. The number of aliphatic hydroxyl groups is 1. The van der Waals surface area contributed by atoms with Gasteiger partial charge in [-0.05, 0) is 12.1 Å². The molecule has 0 saturated carbocycles. The lowest BCUT2D eigenvalue weighted by Crippen LogP contribution is -2.39. The van der Waals surface area contributed by atoms with Crippen LogP contribution in [0.4, 0.5) is 5.69 Å². The predicted molar refractivity (Wildman–Crippen MR) is 57.8 cm³/mol. The third-order valence-electron chi connectivity index (χ3n) is 2.55. The van der Waals surface area contributed by atoms with Crippen LogP contribution in [0.25, 0.3) is 0 Å². The summed E-state index contributed by atoms with van der Waals surface area (Å²) in [5.74, 6) is 1.53. The van der Waals surface area contributed by atoms with Gasteiger partial charge in [0.15, 0.2) is 0 Å². The van der Waals surface area contributed by atoms with E-state index in [0.29, 0.717) is 6.54 Å². The molecule has 0 unspecified atom stereocenters. The first-order valence-corrected chi connectivity index (χ1v) is 4.91. The summed E-state index contributed by atoms with van der Waals surface area (Å²) >= 11 is 0. The molecule has 0 spiro atoms. The van der Waals surface area contributed by atoms with E-state index in [-0.39, 0.29) is 12.7 Å². The SMILES string of the molecule is COc1ccc2c(c1)O[C@H](CO)CN2C. The second-order valence-corrected chi connectivity index (χ2v) is 3.64. The fraction of sp³-hybridized carbons (Fsp3) is 0.455. The zero-order chi connectivity index (χ0) is 10.8. The maximum Gasteiger partial charge on any atom is 0.146 e. The molecule has 4 nitrogen and oxygen atoms in total. The zero-order valence-corrected chi connectivity index (χ0v) is 8.93. The van der Waals surface area contributed by atoms with Gasteiger partial charge in [0.2, 0.25) is 0 Å². The Morgan fingerprint density at radius 3 is 3.07 bits per heavy atom. The van der Waals surface area contributed by atoms with Crippen LogP contribution in [0, 0.1) is 0 Å². The Morgan fingerprint density at radius 2 is 2.40 bits per heavy atom. The van der Waals surface area contributed by atoms with Crippen LogP contribution < -0.4 is 14.4 Å². The number of aliphatic hydroxyl groups excluding tert-OH is 1. The standard InChI is InChI=1S/C11H15NO3/c1-12-6-9(7-13)15-11-5-8(14-2)3-4-10(11)12/h3-5,9,13H,6-7H2,1-2H3/t9-/m0/s1. The number of likely N-dealkylation sites (N-methyl/N-ethyl adjacent to an activating group) is 1. The number of anilines is 1. The molecule has 1 aromatic carbocycles. The number of fused-ring (bicyclic) bond motifs is 1. The number of benzene rings is 1. The Balaban J connectivity index is 2.33. The summed E-state index contributed by atoms with van der Waals surface area (Å²) in [6.07, 6.45) is -0.158. The number of methoxy groups -OCH3 is 1. The highest BCUT2D eigenvalue weighted by molar-refractivity contribution is 5.62. The van der Waals surface area contributed by atoms with Crippen molar-refractivity contribution in [1.29, 1.82) is 0 Å². The summed E-state index contributed by atoms with van der Waals surface area (Å²) in [5, 5.41) is 9.08. The van der Waals surface area contributed by atoms with Crippen LogP contribution in [-0.2, 0) is 0 Å². The lowest BCUT2D eigenvalue weighted by molar-refractivity contribution is 0.113. The molecule has 0 amide bonds. The van der Waals surface area contributed by atoms with Crippen LogP contribution in [0.15, 0.2) is 18.2 Å². The van der Waals surface area contributed by atoms with Gasteiger partial charge in [-0.2, -0.15) is 0 Å². The molecule has 1 aromatic rings. The molecule has 4 heteroatoms. The third kappa shape index (κ3) is 1.85. The Bertz CT molecular complexity index is 354. The lowest BCUT2D eigenvalue weighted by atomic mass is 10.2. The van der Waals surface area contributed by atoms with E-state index in [4.69, 9.17) is 14.6 Å². The van der Waals surface area contributed by atoms with Crippen LogP contribution in [0.5, 0.6) is 11.5 Å². The van der Waals surface area contributed by atoms with E-state index < -0.39 is 0 Å². The molecule has 1 atom stereocenters. The van der Waals surface area contributed by atoms with Gasteiger partial charge in [-0.25, -0.2) is 0 Å².